The van der Waals surface area contributed by atoms with Gasteiger partial charge in [0.05, 0.1) is 11.2 Å². The van der Waals surface area contributed by atoms with Crippen molar-refractivity contribution in [2.24, 2.45) is 0 Å². The number of rotatable bonds is 4. The number of halogens is 1. The fourth-order valence-electron chi connectivity index (χ4n) is 1.94. The molecule has 1 aromatic heterocycles. The highest BCUT2D eigenvalue weighted by Gasteiger charge is 2.13. The molecule has 7 heteroatoms. The molecule has 0 radical (unpaired) electrons. The third-order valence-electron chi connectivity index (χ3n) is 3.05. The Hall–Kier alpha value is -2.31. The third-order valence-corrected chi connectivity index (χ3v) is 4.70. The molecule has 0 aliphatic heterocycles. The zero-order chi connectivity index (χ0) is 15.6. The van der Waals surface area contributed by atoms with E-state index in [4.69, 9.17) is 11.6 Å². The molecule has 3 aromatic rings. The van der Waals surface area contributed by atoms with Gasteiger partial charge in [-0.05, 0) is 48.5 Å². The van der Waals surface area contributed by atoms with Crippen LogP contribution < -0.4 is 4.72 Å². The van der Waals surface area contributed by atoms with E-state index >= 15 is 0 Å². The number of nitrogens with zero attached hydrogens (tertiary/aromatic N) is 2. The summed E-state index contributed by atoms with van der Waals surface area (Å²) in [6, 6.07) is 13.0. The van der Waals surface area contributed by atoms with Crippen molar-refractivity contribution in [3.63, 3.8) is 0 Å². The van der Waals surface area contributed by atoms with Crippen LogP contribution in [0, 0.1) is 0 Å². The van der Waals surface area contributed by atoms with E-state index in [1.165, 1.54) is 24.3 Å². The highest BCUT2D eigenvalue weighted by molar-refractivity contribution is 7.92. The van der Waals surface area contributed by atoms with E-state index in [1.54, 1.807) is 36.8 Å². The summed E-state index contributed by atoms with van der Waals surface area (Å²) in [5.74, 6) is 0. The predicted octanol–water partition coefficient (Wildman–Crippen LogP) is 3.33. The first-order valence-electron chi connectivity index (χ1n) is 6.41. The van der Waals surface area contributed by atoms with Gasteiger partial charge in [-0.3, -0.25) is 4.72 Å². The van der Waals surface area contributed by atoms with Crippen LogP contribution in [0.2, 0.25) is 5.02 Å². The average molecular weight is 334 g/mol. The lowest BCUT2D eigenvalue weighted by Crippen LogP contribution is -2.12. The van der Waals surface area contributed by atoms with Crippen LogP contribution in [0.5, 0.6) is 0 Å². The highest BCUT2D eigenvalue weighted by atomic mass is 35.5. The third kappa shape index (κ3) is 3.13. The summed E-state index contributed by atoms with van der Waals surface area (Å²) >= 11 is 5.77. The van der Waals surface area contributed by atoms with Gasteiger partial charge in [-0.2, -0.15) is 0 Å². The maximum Gasteiger partial charge on any atom is 0.261 e. The smallest absolute Gasteiger partial charge is 0.261 e. The zero-order valence-corrected chi connectivity index (χ0v) is 12.9. The Bertz CT molecular complexity index is 858. The Morgan fingerprint density at radius 1 is 1.00 bits per heavy atom. The lowest BCUT2D eigenvalue weighted by Gasteiger charge is -2.09. The Morgan fingerprint density at radius 2 is 1.68 bits per heavy atom. The molecule has 0 aliphatic carbocycles. The maximum atomic E-state index is 12.3. The minimum Gasteiger partial charge on any atom is -0.306 e. The number of imidazole rings is 1. The molecular formula is C15H12ClN3O2S. The van der Waals surface area contributed by atoms with Crippen molar-refractivity contribution in [3.8, 4) is 5.69 Å². The first kappa shape index (κ1) is 14.6. The van der Waals surface area contributed by atoms with Crippen molar-refractivity contribution in [2.45, 2.75) is 4.90 Å². The summed E-state index contributed by atoms with van der Waals surface area (Å²) < 4.78 is 28.9. The van der Waals surface area contributed by atoms with Crippen molar-refractivity contribution in [1.29, 1.82) is 0 Å². The van der Waals surface area contributed by atoms with Crippen LogP contribution >= 0.6 is 11.6 Å². The van der Waals surface area contributed by atoms with E-state index < -0.39 is 10.0 Å². The lowest BCUT2D eigenvalue weighted by atomic mass is 10.3. The van der Waals surface area contributed by atoms with E-state index in [9.17, 15) is 8.42 Å². The lowest BCUT2D eigenvalue weighted by molar-refractivity contribution is 0.601. The van der Waals surface area contributed by atoms with Crippen molar-refractivity contribution in [2.75, 3.05) is 4.72 Å². The van der Waals surface area contributed by atoms with E-state index in [2.05, 4.69) is 9.71 Å². The van der Waals surface area contributed by atoms with E-state index in [1.807, 2.05) is 10.8 Å². The molecule has 22 heavy (non-hydrogen) atoms. The molecule has 0 aliphatic rings. The molecule has 0 saturated heterocycles. The standard InChI is InChI=1S/C15H12ClN3O2S/c16-12-1-7-15(8-2-12)22(20,21)18-13-3-5-14(6-4-13)19-10-9-17-11-19/h1-11,18H. The Balaban J connectivity index is 1.82. The molecular weight excluding hydrogens is 322 g/mol. The first-order chi connectivity index (χ1) is 10.5. The van der Waals surface area contributed by atoms with Crippen molar-refractivity contribution >= 4 is 27.3 Å². The molecule has 1 heterocycles. The zero-order valence-electron chi connectivity index (χ0n) is 11.3. The maximum absolute atomic E-state index is 12.3. The first-order valence-corrected chi connectivity index (χ1v) is 8.27. The summed E-state index contributed by atoms with van der Waals surface area (Å²) in [6.07, 6.45) is 5.16. The molecule has 0 unspecified atom stereocenters. The second kappa shape index (κ2) is 5.82. The van der Waals surface area contributed by atoms with Crippen LogP contribution in [0.1, 0.15) is 0 Å². The van der Waals surface area contributed by atoms with Gasteiger partial charge in [0.15, 0.2) is 0 Å². The SMILES string of the molecule is O=S(=O)(Nc1ccc(-n2ccnc2)cc1)c1ccc(Cl)cc1. The largest absolute Gasteiger partial charge is 0.306 e. The van der Waals surface area contributed by atoms with Gasteiger partial charge >= 0.3 is 0 Å². The quantitative estimate of drug-likeness (QED) is 0.796. The van der Waals surface area contributed by atoms with Gasteiger partial charge in [0.2, 0.25) is 0 Å². The topological polar surface area (TPSA) is 64.0 Å². The molecule has 0 atom stereocenters. The van der Waals surface area contributed by atoms with Gasteiger partial charge in [0.25, 0.3) is 10.0 Å². The molecule has 2 aromatic carbocycles. The van der Waals surface area contributed by atoms with Crippen LogP contribution in [0.25, 0.3) is 5.69 Å². The minimum atomic E-state index is -3.62. The van der Waals surface area contributed by atoms with Gasteiger partial charge in [0, 0.05) is 28.8 Å². The molecule has 112 valence electrons. The number of benzene rings is 2. The molecule has 3 rings (SSSR count). The van der Waals surface area contributed by atoms with E-state index in [-0.39, 0.29) is 4.90 Å². The molecule has 0 amide bonds. The second-order valence-corrected chi connectivity index (χ2v) is 6.70. The van der Waals surface area contributed by atoms with Crippen molar-refractivity contribution in [3.05, 3.63) is 72.3 Å². The Labute approximate surface area is 133 Å². The molecule has 1 N–H and O–H groups in total. The van der Waals surface area contributed by atoms with Crippen LogP contribution in [-0.4, -0.2) is 18.0 Å². The molecule has 5 nitrogen and oxygen atoms in total. The Kier molecular flexibility index (Phi) is 3.87. The van der Waals surface area contributed by atoms with Gasteiger partial charge in [-0.1, -0.05) is 11.6 Å². The predicted molar refractivity (Wildman–Crippen MR) is 85.8 cm³/mol. The van der Waals surface area contributed by atoms with Gasteiger partial charge in [0.1, 0.15) is 0 Å². The summed E-state index contributed by atoms with van der Waals surface area (Å²) in [4.78, 5) is 4.13. The molecule has 0 fully saturated rings. The minimum absolute atomic E-state index is 0.163. The van der Waals surface area contributed by atoms with Crippen molar-refractivity contribution in [1.82, 2.24) is 9.55 Å². The van der Waals surface area contributed by atoms with Crippen LogP contribution in [0.3, 0.4) is 0 Å². The fraction of sp³-hybridized carbons (Fsp3) is 0. The highest BCUT2D eigenvalue weighted by Crippen LogP contribution is 2.19. The number of sulfonamides is 1. The normalized spacial score (nSPS) is 11.3. The van der Waals surface area contributed by atoms with Crippen LogP contribution in [0.4, 0.5) is 5.69 Å². The molecule has 0 spiro atoms. The van der Waals surface area contributed by atoms with Crippen molar-refractivity contribution < 1.29 is 8.42 Å². The van der Waals surface area contributed by atoms with Gasteiger partial charge < -0.3 is 4.57 Å². The number of hydrogen-bond acceptors (Lipinski definition) is 3. The number of hydrogen-bond donors (Lipinski definition) is 1. The van der Waals surface area contributed by atoms with E-state index in [0.717, 1.165) is 5.69 Å². The van der Waals surface area contributed by atoms with Crippen LogP contribution in [-0.2, 0) is 10.0 Å². The fourth-order valence-corrected chi connectivity index (χ4v) is 3.13. The molecule has 0 bridgehead atoms. The summed E-state index contributed by atoms with van der Waals surface area (Å²) in [5, 5.41) is 0.489. The molecule has 0 saturated carbocycles. The number of nitrogens with one attached hydrogen (secondary N) is 1. The van der Waals surface area contributed by atoms with E-state index in [0.29, 0.717) is 10.7 Å². The monoisotopic (exact) mass is 333 g/mol. The second-order valence-electron chi connectivity index (χ2n) is 4.58. The number of anilines is 1. The summed E-state index contributed by atoms with van der Waals surface area (Å²) in [7, 11) is -3.62. The average Bonchev–Trinajstić information content (AvgIpc) is 3.02. The van der Waals surface area contributed by atoms with Crippen LogP contribution in [0.15, 0.2) is 72.1 Å². The Morgan fingerprint density at radius 3 is 2.27 bits per heavy atom. The summed E-state index contributed by atoms with van der Waals surface area (Å²) in [6.45, 7) is 0. The summed E-state index contributed by atoms with van der Waals surface area (Å²) in [5.41, 5.74) is 1.38. The van der Waals surface area contributed by atoms with Gasteiger partial charge in [-0.25, -0.2) is 13.4 Å². The number of aromatic nitrogens is 2. The van der Waals surface area contributed by atoms with Gasteiger partial charge in [-0.15, -0.1) is 0 Å².